The van der Waals surface area contributed by atoms with Crippen LogP contribution in [-0.2, 0) is 9.84 Å². The van der Waals surface area contributed by atoms with Crippen molar-refractivity contribution in [1.82, 2.24) is 10.2 Å². The summed E-state index contributed by atoms with van der Waals surface area (Å²) in [5, 5.41) is 3.35. The number of nitrogens with one attached hydrogen (secondary N) is 1. The van der Waals surface area contributed by atoms with Crippen LogP contribution in [0.1, 0.15) is 38.2 Å². The molecule has 1 fully saturated rings. The highest BCUT2D eigenvalue weighted by Crippen LogP contribution is 2.32. The van der Waals surface area contributed by atoms with Crippen LogP contribution in [0.4, 0.5) is 0 Å². The number of hydrogen-bond acceptors (Lipinski definition) is 3. The number of hydrogen-bond donors (Lipinski definition) is 1. The molecule has 6 heteroatoms. The number of aliphatic imine (C=N–C) groups is 1. The van der Waals surface area contributed by atoms with E-state index in [4.69, 9.17) is 0 Å². The van der Waals surface area contributed by atoms with Gasteiger partial charge in [0, 0.05) is 32.4 Å². The molecule has 1 aromatic carbocycles. The standard InChI is InChI=1S/C19H31N3O2S/c1-4-20-19(21-12-8-14-25(3,23)24)22-13-11-18(16(2)15-22)17-9-6-5-7-10-17/h5-7,9-10,16,18H,4,8,11-15H2,1-3H3,(H,20,21). The van der Waals surface area contributed by atoms with Crippen LogP contribution in [0.25, 0.3) is 0 Å². The predicted octanol–water partition coefficient (Wildman–Crippen LogP) is 2.51. The van der Waals surface area contributed by atoms with Crippen LogP contribution in [0.2, 0.25) is 0 Å². The smallest absolute Gasteiger partial charge is 0.193 e. The topological polar surface area (TPSA) is 61.8 Å². The van der Waals surface area contributed by atoms with Crippen molar-refractivity contribution in [3.05, 3.63) is 35.9 Å². The van der Waals surface area contributed by atoms with Gasteiger partial charge in [-0.2, -0.15) is 0 Å². The third-order valence-corrected chi connectivity index (χ3v) is 5.73. The molecular formula is C19H31N3O2S. The molecule has 1 N–H and O–H groups in total. The van der Waals surface area contributed by atoms with E-state index >= 15 is 0 Å². The van der Waals surface area contributed by atoms with Crippen molar-refractivity contribution in [3.63, 3.8) is 0 Å². The van der Waals surface area contributed by atoms with Crippen molar-refractivity contribution in [1.29, 1.82) is 0 Å². The fourth-order valence-corrected chi connectivity index (χ4v) is 4.12. The molecule has 0 saturated carbocycles. The van der Waals surface area contributed by atoms with Gasteiger partial charge in [0.25, 0.3) is 0 Å². The summed E-state index contributed by atoms with van der Waals surface area (Å²) in [5.41, 5.74) is 1.42. The second-order valence-corrected chi connectivity index (χ2v) is 9.21. The summed E-state index contributed by atoms with van der Waals surface area (Å²) in [4.78, 5) is 6.95. The van der Waals surface area contributed by atoms with E-state index in [2.05, 4.69) is 59.4 Å². The molecule has 0 amide bonds. The number of nitrogens with zero attached hydrogens (tertiary/aromatic N) is 2. The number of guanidine groups is 1. The Kier molecular flexibility index (Phi) is 7.29. The van der Waals surface area contributed by atoms with Gasteiger partial charge in [0.15, 0.2) is 5.96 Å². The molecule has 0 radical (unpaired) electrons. The first-order valence-electron chi connectivity index (χ1n) is 9.16. The van der Waals surface area contributed by atoms with Crippen molar-refractivity contribution < 1.29 is 8.42 Å². The summed E-state index contributed by atoms with van der Waals surface area (Å²) in [6.07, 6.45) is 2.96. The van der Waals surface area contributed by atoms with Crippen molar-refractivity contribution in [2.24, 2.45) is 10.9 Å². The number of benzene rings is 1. The quantitative estimate of drug-likeness (QED) is 0.478. The van der Waals surface area contributed by atoms with Gasteiger partial charge in [0.1, 0.15) is 9.84 Å². The van der Waals surface area contributed by atoms with Crippen molar-refractivity contribution in [2.75, 3.05) is 38.2 Å². The Morgan fingerprint density at radius 3 is 2.64 bits per heavy atom. The van der Waals surface area contributed by atoms with Gasteiger partial charge >= 0.3 is 0 Å². The molecule has 140 valence electrons. The zero-order valence-electron chi connectivity index (χ0n) is 15.6. The summed E-state index contributed by atoms with van der Waals surface area (Å²) in [7, 11) is -2.91. The van der Waals surface area contributed by atoms with Crippen LogP contribution in [0.3, 0.4) is 0 Å². The second kappa shape index (κ2) is 9.22. The van der Waals surface area contributed by atoms with Gasteiger partial charge in [-0.25, -0.2) is 8.42 Å². The van der Waals surface area contributed by atoms with Crippen LogP contribution < -0.4 is 5.32 Å². The van der Waals surface area contributed by atoms with Gasteiger partial charge in [-0.1, -0.05) is 37.3 Å². The van der Waals surface area contributed by atoms with Crippen LogP contribution >= 0.6 is 0 Å². The maximum Gasteiger partial charge on any atom is 0.193 e. The zero-order chi connectivity index (χ0) is 18.3. The lowest BCUT2D eigenvalue weighted by atomic mass is 9.82. The van der Waals surface area contributed by atoms with E-state index in [1.54, 1.807) is 0 Å². The fourth-order valence-electron chi connectivity index (χ4n) is 3.47. The summed E-state index contributed by atoms with van der Waals surface area (Å²) >= 11 is 0. The third kappa shape index (κ3) is 6.34. The molecule has 5 nitrogen and oxygen atoms in total. The first-order valence-corrected chi connectivity index (χ1v) is 11.2. The van der Waals surface area contributed by atoms with E-state index in [0.717, 1.165) is 32.0 Å². The lowest BCUT2D eigenvalue weighted by molar-refractivity contribution is 0.234. The Morgan fingerprint density at radius 2 is 2.04 bits per heavy atom. The summed E-state index contributed by atoms with van der Waals surface area (Å²) < 4.78 is 22.5. The predicted molar refractivity (Wildman–Crippen MR) is 105 cm³/mol. The van der Waals surface area contributed by atoms with Gasteiger partial charge < -0.3 is 10.2 Å². The van der Waals surface area contributed by atoms with Crippen molar-refractivity contribution in [2.45, 2.75) is 32.6 Å². The average Bonchev–Trinajstić information content (AvgIpc) is 2.57. The molecule has 0 aliphatic carbocycles. The molecule has 1 aliphatic heterocycles. The SMILES string of the molecule is CCNC(=NCCCS(C)(=O)=O)N1CCC(c2ccccc2)C(C)C1. The van der Waals surface area contributed by atoms with Crippen molar-refractivity contribution >= 4 is 15.8 Å². The molecule has 1 aromatic rings. The zero-order valence-corrected chi connectivity index (χ0v) is 16.4. The highest BCUT2D eigenvalue weighted by molar-refractivity contribution is 7.90. The molecule has 0 aromatic heterocycles. The number of sulfone groups is 1. The van der Waals surface area contributed by atoms with Gasteiger partial charge in [-0.05, 0) is 37.2 Å². The molecule has 0 bridgehead atoms. The van der Waals surface area contributed by atoms with Crippen LogP contribution in [0.5, 0.6) is 0 Å². The molecule has 2 rings (SSSR count). The van der Waals surface area contributed by atoms with E-state index in [-0.39, 0.29) is 5.75 Å². The van der Waals surface area contributed by atoms with Gasteiger partial charge in [-0.15, -0.1) is 0 Å². The molecule has 1 heterocycles. The summed E-state index contributed by atoms with van der Waals surface area (Å²) in [6.45, 7) is 7.67. The summed E-state index contributed by atoms with van der Waals surface area (Å²) in [5.74, 6) is 2.25. The van der Waals surface area contributed by atoms with Gasteiger partial charge in [-0.3, -0.25) is 4.99 Å². The molecule has 25 heavy (non-hydrogen) atoms. The highest BCUT2D eigenvalue weighted by atomic mass is 32.2. The maximum absolute atomic E-state index is 11.2. The number of likely N-dealkylation sites (tertiary alicyclic amines) is 1. The van der Waals surface area contributed by atoms with E-state index in [0.29, 0.717) is 24.8 Å². The monoisotopic (exact) mass is 365 g/mol. The minimum Gasteiger partial charge on any atom is -0.357 e. The lowest BCUT2D eigenvalue weighted by Gasteiger charge is -2.39. The normalized spacial score (nSPS) is 22.0. The molecule has 0 spiro atoms. The van der Waals surface area contributed by atoms with Gasteiger partial charge in [0.2, 0.25) is 0 Å². The lowest BCUT2D eigenvalue weighted by Crippen LogP contribution is -2.48. The Hall–Kier alpha value is -1.56. The van der Waals surface area contributed by atoms with Gasteiger partial charge in [0.05, 0.1) is 5.75 Å². The highest BCUT2D eigenvalue weighted by Gasteiger charge is 2.28. The van der Waals surface area contributed by atoms with Crippen LogP contribution in [0.15, 0.2) is 35.3 Å². The Balaban J connectivity index is 1.96. The Labute approximate surface area is 152 Å². The third-order valence-electron chi connectivity index (χ3n) is 4.70. The molecule has 1 aliphatic rings. The molecule has 2 unspecified atom stereocenters. The summed E-state index contributed by atoms with van der Waals surface area (Å²) in [6, 6.07) is 10.7. The van der Waals surface area contributed by atoms with E-state index < -0.39 is 9.84 Å². The van der Waals surface area contributed by atoms with Crippen molar-refractivity contribution in [3.8, 4) is 0 Å². The number of rotatable bonds is 6. The Morgan fingerprint density at radius 1 is 1.32 bits per heavy atom. The maximum atomic E-state index is 11.2. The minimum atomic E-state index is -2.91. The molecular weight excluding hydrogens is 334 g/mol. The fraction of sp³-hybridized carbons (Fsp3) is 0.632. The number of piperidine rings is 1. The van der Waals surface area contributed by atoms with E-state index in [1.807, 2.05) is 0 Å². The Bertz CT molecular complexity index is 659. The average molecular weight is 366 g/mol. The van der Waals surface area contributed by atoms with E-state index in [1.165, 1.54) is 11.8 Å². The largest absolute Gasteiger partial charge is 0.357 e. The second-order valence-electron chi connectivity index (χ2n) is 6.95. The first-order chi connectivity index (χ1) is 11.9. The minimum absolute atomic E-state index is 0.197. The molecule has 1 saturated heterocycles. The molecule has 2 atom stereocenters. The van der Waals surface area contributed by atoms with E-state index in [9.17, 15) is 8.42 Å². The van der Waals surface area contributed by atoms with Crippen LogP contribution in [-0.4, -0.2) is 57.5 Å². The first kappa shape index (κ1) is 19.8. The van der Waals surface area contributed by atoms with Crippen LogP contribution in [0, 0.1) is 5.92 Å².